The third-order valence-electron chi connectivity index (χ3n) is 9.17. The van der Waals surface area contributed by atoms with Crippen LogP contribution in [0.4, 0.5) is 11.8 Å². The van der Waals surface area contributed by atoms with Crippen molar-refractivity contribution in [1.82, 2.24) is 34.2 Å². The summed E-state index contributed by atoms with van der Waals surface area (Å²) < 4.78 is 2.07. The van der Waals surface area contributed by atoms with Crippen molar-refractivity contribution in [1.29, 1.82) is 0 Å². The topological polar surface area (TPSA) is 143 Å². The number of pyridine rings is 1. The minimum atomic E-state index is -0.520. The lowest BCUT2D eigenvalue weighted by molar-refractivity contribution is -0.138. The summed E-state index contributed by atoms with van der Waals surface area (Å²) >= 11 is 0. The zero-order valence-electron chi connectivity index (χ0n) is 25.4. The summed E-state index contributed by atoms with van der Waals surface area (Å²) in [6.07, 6.45) is 9.34. The van der Waals surface area contributed by atoms with Crippen molar-refractivity contribution in [2.75, 3.05) is 32.5 Å². The van der Waals surface area contributed by atoms with Gasteiger partial charge in [-0.1, -0.05) is 26.7 Å². The summed E-state index contributed by atoms with van der Waals surface area (Å²) in [5, 5.41) is 3.98. The van der Waals surface area contributed by atoms with Gasteiger partial charge in [-0.2, -0.15) is 4.98 Å². The first-order valence-corrected chi connectivity index (χ1v) is 15.3. The van der Waals surface area contributed by atoms with Gasteiger partial charge in [-0.25, -0.2) is 9.97 Å². The lowest BCUT2D eigenvalue weighted by Gasteiger charge is -2.42. The van der Waals surface area contributed by atoms with Gasteiger partial charge in [0, 0.05) is 63.1 Å². The Labute approximate surface area is 251 Å². The molecule has 12 nitrogen and oxygen atoms in total. The number of aromatic nitrogens is 4. The SMILES string of the molecule is CC(C)[C@@H](N)C(=O)N1C2CCC1CN(C(=O)c1ccc(Nc3ncc4cc(C(=O)N(C)C)n(C5CCCC5)c4n3)nc1)C2. The zero-order valence-corrected chi connectivity index (χ0v) is 25.4. The van der Waals surface area contributed by atoms with Crippen molar-refractivity contribution in [3.63, 3.8) is 0 Å². The van der Waals surface area contributed by atoms with Gasteiger partial charge in [0.05, 0.1) is 11.6 Å². The quantitative estimate of drug-likeness (QED) is 0.429. The van der Waals surface area contributed by atoms with Gasteiger partial charge in [0.1, 0.15) is 17.2 Å². The number of hydrogen-bond donors (Lipinski definition) is 2. The fourth-order valence-corrected chi connectivity index (χ4v) is 6.77. The first kappa shape index (κ1) is 29.0. The number of piperazine rings is 1. The van der Waals surface area contributed by atoms with E-state index < -0.39 is 6.04 Å². The van der Waals surface area contributed by atoms with Crippen LogP contribution in [0.15, 0.2) is 30.6 Å². The molecule has 6 rings (SSSR count). The van der Waals surface area contributed by atoms with Crippen LogP contribution in [0.1, 0.15) is 79.3 Å². The van der Waals surface area contributed by atoms with Gasteiger partial charge in [-0.05, 0) is 49.8 Å². The van der Waals surface area contributed by atoms with Crippen LogP contribution in [-0.4, -0.2) is 97.3 Å². The Morgan fingerprint density at radius 1 is 0.977 bits per heavy atom. The molecule has 2 bridgehead atoms. The summed E-state index contributed by atoms with van der Waals surface area (Å²) in [7, 11) is 3.51. The van der Waals surface area contributed by atoms with Crippen molar-refractivity contribution < 1.29 is 14.4 Å². The van der Waals surface area contributed by atoms with Crippen LogP contribution in [0, 0.1) is 5.92 Å². The molecule has 3 aromatic rings. The molecule has 3 fully saturated rings. The van der Waals surface area contributed by atoms with Crippen molar-refractivity contribution in [2.45, 2.75) is 76.5 Å². The number of likely N-dealkylation sites (tertiary alicyclic amines) is 1. The Morgan fingerprint density at radius 3 is 2.28 bits per heavy atom. The smallest absolute Gasteiger partial charge is 0.270 e. The normalized spacial score (nSPS) is 21.1. The number of anilines is 2. The van der Waals surface area contributed by atoms with E-state index in [9.17, 15) is 14.4 Å². The first-order valence-electron chi connectivity index (χ1n) is 15.3. The molecule has 2 unspecified atom stereocenters. The summed E-state index contributed by atoms with van der Waals surface area (Å²) in [5.74, 6) is 0.792. The highest BCUT2D eigenvalue weighted by Crippen LogP contribution is 2.35. The molecule has 3 aromatic heterocycles. The molecule has 0 aromatic carbocycles. The highest BCUT2D eigenvalue weighted by Gasteiger charge is 2.45. The van der Waals surface area contributed by atoms with E-state index in [0.717, 1.165) is 49.6 Å². The molecule has 228 valence electrons. The Balaban J connectivity index is 1.16. The largest absolute Gasteiger partial charge is 0.343 e. The highest BCUT2D eigenvalue weighted by molar-refractivity contribution is 5.98. The lowest BCUT2D eigenvalue weighted by Crippen LogP contribution is -2.60. The molecule has 0 radical (unpaired) electrons. The van der Waals surface area contributed by atoms with Crippen molar-refractivity contribution in [2.24, 2.45) is 11.7 Å². The second-order valence-electron chi connectivity index (χ2n) is 12.7. The predicted octanol–water partition coefficient (Wildman–Crippen LogP) is 3.19. The standard InChI is InChI=1S/C31H41N9O3/c1-18(2)26(32)30(43)39-22-10-11-23(39)17-38(16-22)28(41)19-9-12-25(33-14-19)35-31-34-15-20-13-24(29(42)37(3)4)40(27(20)36-31)21-7-5-6-8-21/h9,12-15,18,21-23,26H,5-8,10-11,16-17,32H2,1-4H3,(H,33,34,35,36)/t22?,23?,26-/m1/s1. The Hall–Kier alpha value is -4.06. The fourth-order valence-electron chi connectivity index (χ4n) is 6.77. The number of carbonyl (C=O) groups is 3. The average molecular weight is 588 g/mol. The summed E-state index contributed by atoms with van der Waals surface area (Å²) in [6.45, 7) is 4.91. The van der Waals surface area contributed by atoms with E-state index in [1.165, 1.54) is 0 Å². The maximum absolute atomic E-state index is 13.4. The monoisotopic (exact) mass is 587 g/mol. The highest BCUT2D eigenvalue weighted by atomic mass is 16.2. The second-order valence-corrected chi connectivity index (χ2v) is 12.7. The molecule has 1 saturated carbocycles. The van der Waals surface area contributed by atoms with Crippen molar-refractivity contribution in [3.8, 4) is 0 Å². The second kappa shape index (κ2) is 11.6. The molecule has 43 heavy (non-hydrogen) atoms. The number of nitrogens with zero attached hydrogens (tertiary/aromatic N) is 7. The van der Waals surface area contributed by atoms with Gasteiger partial charge >= 0.3 is 0 Å². The fraction of sp³-hybridized carbons (Fsp3) is 0.548. The number of fused-ring (bicyclic) bond motifs is 3. The zero-order chi connectivity index (χ0) is 30.4. The summed E-state index contributed by atoms with van der Waals surface area (Å²) in [6, 6.07) is 5.07. The molecular weight excluding hydrogens is 546 g/mol. The van der Waals surface area contributed by atoms with E-state index >= 15 is 0 Å². The predicted molar refractivity (Wildman–Crippen MR) is 163 cm³/mol. The van der Waals surface area contributed by atoms with E-state index in [4.69, 9.17) is 10.7 Å². The third-order valence-corrected chi connectivity index (χ3v) is 9.17. The Bertz CT molecular complexity index is 1510. The third kappa shape index (κ3) is 5.44. The molecule has 3 amide bonds. The van der Waals surface area contributed by atoms with Gasteiger partial charge in [0.2, 0.25) is 11.9 Å². The maximum Gasteiger partial charge on any atom is 0.270 e. The van der Waals surface area contributed by atoms with Crippen molar-refractivity contribution in [3.05, 3.63) is 41.9 Å². The number of nitrogens with two attached hydrogens (primary N) is 1. The van der Waals surface area contributed by atoms with Crippen LogP contribution >= 0.6 is 0 Å². The van der Waals surface area contributed by atoms with E-state index in [1.54, 1.807) is 43.5 Å². The number of nitrogens with one attached hydrogen (secondary N) is 1. The lowest BCUT2D eigenvalue weighted by atomic mass is 10.0. The Morgan fingerprint density at radius 2 is 1.67 bits per heavy atom. The van der Waals surface area contributed by atoms with E-state index in [0.29, 0.717) is 36.1 Å². The minimum absolute atomic E-state index is 0.00215. The maximum atomic E-state index is 13.4. The molecule has 12 heteroatoms. The molecule has 3 aliphatic rings. The van der Waals surface area contributed by atoms with Gasteiger partial charge in [-0.3, -0.25) is 14.4 Å². The number of hydrogen-bond acceptors (Lipinski definition) is 8. The van der Waals surface area contributed by atoms with E-state index in [2.05, 4.69) is 19.9 Å². The van der Waals surface area contributed by atoms with Crippen LogP contribution in [0.2, 0.25) is 0 Å². The van der Waals surface area contributed by atoms with Crippen LogP contribution in [-0.2, 0) is 4.79 Å². The number of carbonyl (C=O) groups excluding carboxylic acids is 3. The molecule has 0 spiro atoms. The Kier molecular flexibility index (Phi) is 7.80. The number of amides is 3. The van der Waals surface area contributed by atoms with Crippen molar-refractivity contribution >= 4 is 40.5 Å². The van der Waals surface area contributed by atoms with E-state index in [-0.39, 0.29) is 41.8 Å². The van der Waals surface area contributed by atoms with Gasteiger partial charge in [0.15, 0.2) is 0 Å². The van der Waals surface area contributed by atoms with Crippen LogP contribution in [0.3, 0.4) is 0 Å². The summed E-state index contributed by atoms with van der Waals surface area (Å²) in [5.41, 5.74) is 8.01. The van der Waals surface area contributed by atoms with Gasteiger partial charge in [-0.15, -0.1) is 0 Å². The molecule has 2 aliphatic heterocycles. The van der Waals surface area contributed by atoms with E-state index in [1.807, 2.05) is 29.7 Å². The minimum Gasteiger partial charge on any atom is -0.343 e. The summed E-state index contributed by atoms with van der Waals surface area (Å²) in [4.78, 5) is 58.5. The first-order chi connectivity index (χ1) is 20.6. The van der Waals surface area contributed by atoms with Gasteiger partial charge in [0.25, 0.3) is 11.8 Å². The molecule has 3 atom stereocenters. The molecule has 1 aliphatic carbocycles. The van der Waals surface area contributed by atoms with Crippen LogP contribution < -0.4 is 11.1 Å². The number of rotatable bonds is 7. The molecule has 3 N–H and O–H groups in total. The van der Waals surface area contributed by atoms with Crippen LogP contribution in [0.5, 0.6) is 0 Å². The van der Waals surface area contributed by atoms with Crippen LogP contribution in [0.25, 0.3) is 11.0 Å². The van der Waals surface area contributed by atoms with Gasteiger partial charge < -0.3 is 30.3 Å². The molecule has 5 heterocycles. The average Bonchev–Trinajstić information content (AvgIpc) is 3.72. The molecule has 2 saturated heterocycles. The molecular formula is C31H41N9O3.